The second kappa shape index (κ2) is 6.47. The van der Waals surface area contributed by atoms with Gasteiger partial charge in [0.1, 0.15) is 0 Å². The van der Waals surface area contributed by atoms with Crippen LogP contribution in [0.25, 0.3) is 33.4 Å². The highest BCUT2D eigenvalue weighted by atomic mass is 14.6. The monoisotopic (exact) mass is 308 g/mol. The molecule has 0 saturated carbocycles. The Bertz CT molecular complexity index is 832. The highest BCUT2D eigenvalue weighted by Crippen LogP contribution is 2.27. The standard InChI is InChI=1S/C22H16N2/c1-5-19(21-9-13-23-14-10-21)6-2-17(1)18-3-7-20(8-4-18)22-11-15-24-16-12-22/h1-16H. The number of pyridine rings is 2. The number of hydrogen-bond acceptors (Lipinski definition) is 2. The molecule has 0 atom stereocenters. The molecule has 4 aromatic rings. The molecule has 0 saturated heterocycles. The van der Waals surface area contributed by atoms with Gasteiger partial charge in [0.2, 0.25) is 0 Å². The summed E-state index contributed by atoms with van der Waals surface area (Å²) >= 11 is 0. The lowest BCUT2D eigenvalue weighted by atomic mass is 9.99. The Kier molecular flexibility index (Phi) is 3.86. The highest BCUT2D eigenvalue weighted by Gasteiger charge is 2.02. The summed E-state index contributed by atoms with van der Waals surface area (Å²) in [7, 11) is 0. The molecule has 0 fully saturated rings. The third-order valence-corrected chi connectivity index (χ3v) is 4.13. The van der Waals surface area contributed by atoms with Crippen LogP contribution in [0.4, 0.5) is 0 Å². The van der Waals surface area contributed by atoms with E-state index in [9.17, 15) is 0 Å². The normalized spacial score (nSPS) is 10.5. The molecule has 0 aliphatic heterocycles. The van der Waals surface area contributed by atoms with Crippen LogP contribution >= 0.6 is 0 Å². The van der Waals surface area contributed by atoms with Crippen molar-refractivity contribution in [3.05, 3.63) is 97.6 Å². The van der Waals surface area contributed by atoms with E-state index in [1.807, 2.05) is 49.1 Å². The van der Waals surface area contributed by atoms with Crippen molar-refractivity contribution in [3.63, 3.8) is 0 Å². The number of aromatic nitrogens is 2. The molecule has 0 N–H and O–H groups in total. The second-order valence-electron chi connectivity index (χ2n) is 5.63. The fourth-order valence-electron chi connectivity index (χ4n) is 2.80. The fourth-order valence-corrected chi connectivity index (χ4v) is 2.80. The van der Waals surface area contributed by atoms with Crippen LogP contribution < -0.4 is 0 Å². The van der Waals surface area contributed by atoms with Crippen LogP contribution in [0, 0.1) is 0 Å². The Balaban J connectivity index is 1.60. The van der Waals surface area contributed by atoms with Gasteiger partial charge in [-0.3, -0.25) is 9.97 Å². The zero-order chi connectivity index (χ0) is 16.2. The van der Waals surface area contributed by atoms with E-state index in [2.05, 4.69) is 58.5 Å². The van der Waals surface area contributed by atoms with Gasteiger partial charge >= 0.3 is 0 Å². The minimum absolute atomic E-state index is 1.18. The molecule has 0 unspecified atom stereocenters. The van der Waals surface area contributed by atoms with E-state index < -0.39 is 0 Å². The van der Waals surface area contributed by atoms with E-state index in [1.165, 1.54) is 33.4 Å². The van der Waals surface area contributed by atoms with Crippen LogP contribution in [0.3, 0.4) is 0 Å². The molecule has 0 spiro atoms. The summed E-state index contributed by atoms with van der Waals surface area (Å²) in [5, 5.41) is 0. The first-order chi connectivity index (χ1) is 11.9. The van der Waals surface area contributed by atoms with Crippen LogP contribution in [0.2, 0.25) is 0 Å². The van der Waals surface area contributed by atoms with Crippen LogP contribution in [0.15, 0.2) is 97.6 Å². The first kappa shape index (κ1) is 14.3. The fraction of sp³-hybridized carbons (Fsp3) is 0. The maximum atomic E-state index is 4.07. The Hall–Kier alpha value is -3.26. The third kappa shape index (κ3) is 2.95. The molecule has 2 aromatic heterocycles. The molecule has 2 aromatic carbocycles. The molecule has 0 aliphatic carbocycles. The van der Waals surface area contributed by atoms with E-state index >= 15 is 0 Å². The summed E-state index contributed by atoms with van der Waals surface area (Å²) < 4.78 is 0. The first-order valence-electron chi connectivity index (χ1n) is 7.91. The molecule has 0 bridgehead atoms. The van der Waals surface area contributed by atoms with E-state index in [1.54, 1.807) is 0 Å². The van der Waals surface area contributed by atoms with Gasteiger partial charge in [-0.2, -0.15) is 0 Å². The largest absolute Gasteiger partial charge is 0.265 e. The lowest BCUT2D eigenvalue weighted by Gasteiger charge is -2.06. The predicted octanol–water partition coefficient (Wildman–Crippen LogP) is 5.48. The van der Waals surface area contributed by atoms with Gasteiger partial charge in [-0.15, -0.1) is 0 Å². The summed E-state index contributed by atoms with van der Waals surface area (Å²) in [5.41, 5.74) is 7.21. The van der Waals surface area contributed by atoms with Crippen LogP contribution in [-0.2, 0) is 0 Å². The lowest BCUT2D eigenvalue weighted by molar-refractivity contribution is 1.33. The van der Waals surface area contributed by atoms with Gasteiger partial charge in [0, 0.05) is 24.8 Å². The van der Waals surface area contributed by atoms with Gasteiger partial charge < -0.3 is 0 Å². The van der Waals surface area contributed by atoms with Crippen molar-refractivity contribution in [3.8, 4) is 33.4 Å². The van der Waals surface area contributed by atoms with Crippen molar-refractivity contribution in [1.29, 1.82) is 0 Å². The zero-order valence-electron chi connectivity index (χ0n) is 13.1. The maximum Gasteiger partial charge on any atom is 0.0273 e. The average molecular weight is 308 g/mol. The smallest absolute Gasteiger partial charge is 0.0273 e. The van der Waals surface area contributed by atoms with Gasteiger partial charge in [0.15, 0.2) is 0 Å². The Morgan fingerprint density at radius 3 is 0.750 bits per heavy atom. The molecule has 24 heavy (non-hydrogen) atoms. The summed E-state index contributed by atoms with van der Waals surface area (Å²) in [6, 6.07) is 25.4. The molecular formula is C22H16N2. The topological polar surface area (TPSA) is 25.8 Å². The van der Waals surface area contributed by atoms with Crippen molar-refractivity contribution in [2.45, 2.75) is 0 Å². The second-order valence-corrected chi connectivity index (χ2v) is 5.63. The van der Waals surface area contributed by atoms with Crippen molar-refractivity contribution in [2.24, 2.45) is 0 Å². The van der Waals surface area contributed by atoms with Crippen molar-refractivity contribution >= 4 is 0 Å². The van der Waals surface area contributed by atoms with E-state index in [0.29, 0.717) is 0 Å². The predicted molar refractivity (Wildman–Crippen MR) is 98.3 cm³/mol. The minimum Gasteiger partial charge on any atom is -0.265 e. The van der Waals surface area contributed by atoms with E-state index in [0.717, 1.165) is 0 Å². The molecule has 4 rings (SSSR count). The van der Waals surface area contributed by atoms with E-state index in [4.69, 9.17) is 0 Å². The van der Waals surface area contributed by atoms with Gasteiger partial charge in [-0.25, -0.2) is 0 Å². The molecule has 2 nitrogen and oxygen atoms in total. The number of hydrogen-bond donors (Lipinski definition) is 0. The average Bonchev–Trinajstić information content (AvgIpc) is 2.70. The maximum absolute atomic E-state index is 4.07. The number of nitrogens with zero attached hydrogens (tertiary/aromatic N) is 2. The van der Waals surface area contributed by atoms with Gasteiger partial charge in [0.05, 0.1) is 0 Å². The summed E-state index contributed by atoms with van der Waals surface area (Å²) in [6.45, 7) is 0. The zero-order valence-corrected chi connectivity index (χ0v) is 13.1. The van der Waals surface area contributed by atoms with Crippen molar-refractivity contribution in [2.75, 3.05) is 0 Å². The molecule has 2 heterocycles. The number of rotatable bonds is 3. The van der Waals surface area contributed by atoms with E-state index in [-0.39, 0.29) is 0 Å². The summed E-state index contributed by atoms with van der Waals surface area (Å²) in [5.74, 6) is 0. The molecule has 2 heteroatoms. The van der Waals surface area contributed by atoms with Crippen LogP contribution in [-0.4, -0.2) is 9.97 Å². The van der Waals surface area contributed by atoms with Gasteiger partial charge in [0.25, 0.3) is 0 Å². The quantitative estimate of drug-likeness (QED) is 0.501. The van der Waals surface area contributed by atoms with Gasteiger partial charge in [-0.1, -0.05) is 48.5 Å². The Morgan fingerprint density at radius 2 is 0.500 bits per heavy atom. The first-order valence-corrected chi connectivity index (χ1v) is 7.91. The molecule has 0 amide bonds. The number of benzene rings is 2. The summed E-state index contributed by atoms with van der Waals surface area (Å²) in [4.78, 5) is 8.13. The molecule has 0 radical (unpaired) electrons. The Labute approximate surface area is 141 Å². The third-order valence-electron chi connectivity index (χ3n) is 4.13. The highest BCUT2D eigenvalue weighted by molar-refractivity contribution is 5.73. The Morgan fingerprint density at radius 1 is 0.292 bits per heavy atom. The van der Waals surface area contributed by atoms with Crippen molar-refractivity contribution < 1.29 is 0 Å². The van der Waals surface area contributed by atoms with Crippen LogP contribution in [0.1, 0.15) is 0 Å². The summed E-state index contributed by atoms with van der Waals surface area (Å²) in [6.07, 6.45) is 7.28. The van der Waals surface area contributed by atoms with Crippen molar-refractivity contribution in [1.82, 2.24) is 9.97 Å². The molecular weight excluding hydrogens is 292 g/mol. The molecule has 114 valence electrons. The van der Waals surface area contributed by atoms with Crippen LogP contribution in [0.5, 0.6) is 0 Å². The molecule has 0 aliphatic rings. The van der Waals surface area contributed by atoms with Gasteiger partial charge in [-0.05, 0) is 57.6 Å². The lowest BCUT2D eigenvalue weighted by Crippen LogP contribution is -1.82. The minimum atomic E-state index is 1.18. The SMILES string of the molecule is c1cc(-c2ccc(-c3ccc(-c4ccncc4)cc3)cc2)ccn1.